The van der Waals surface area contributed by atoms with Crippen molar-refractivity contribution < 1.29 is 9.53 Å². The Bertz CT molecular complexity index is 1040. The fraction of sp³-hybridized carbons (Fsp3) is 0.333. The number of aromatic amines is 2. The van der Waals surface area contributed by atoms with E-state index >= 15 is 0 Å². The molecule has 9 heteroatoms. The maximum Gasteiger partial charge on any atom is 0.415 e. The topological polar surface area (TPSA) is 116 Å². The Hall–Kier alpha value is -3.36. The Morgan fingerprint density at radius 1 is 1.26 bits per heavy atom. The molecular formula is C18H20N6O3. The summed E-state index contributed by atoms with van der Waals surface area (Å²) in [4.78, 5) is 39.2. The number of carbonyl (C=O) groups excluding carboxylic acids is 1. The number of fused-ring (bicyclic) bond motifs is 1. The predicted molar refractivity (Wildman–Crippen MR) is 101 cm³/mol. The average molecular weight is 368 g/mol. The third-order valence-corrected chi connectivity index (χ3v) is 4.59. The number of nitrogens with zero attached hydrogens (tertiary/aromatic N) is 3. The zero-order valence-corrected chi connectivity index (χ0v) is 15.0. The number of benzene rings is 1. The number of carbonyl (C=O) groups is 1. The molecule has 3 aromatic rings. The van der Waals surface area contributed by atoms with E-state index in [-0.39, 0.29) is 23.7 Å². The molecule has 1 aliphatic rings. The minimum Gasteiger partial charge on any atom is -0.447 e. The molecule has 4 rings (SSSR count). The maximum atomic E-state index is 12.1. The van der Waals surface area contributed by atoms with Gasteiger partial charge in [0.25, 0.3) is 0 Å². The summed E-state index contributed by atoms with van der Waals surface area (Å²) >= 11 is 0. The lowest BCUT2D eigenvalue weighted by atomic mass is 10.0. The van der Waals surface area contributed by atoms with Crippen molar-refractivity contribution in [1.82, 2.24) is 19.9 Å². The van der Waals surface area contributed by atoms with Crippen LogP contribution in [-0.2, 0) is 11.3 Å². The van der Waals surface area contributed by atoms with Crippen molar-refractivity contribution in [2.75, 3.05) is 16.8 Å². The van der Waals surface area contributed by atoms with Crippen LogP contribution in [0.3, 0.4) is 0 Å². The summed E-state index contributed by atoms with van der Waals surface area (Å²) in [7, 11) is 0. The summed E-state index contributed by atoms with van der Waals surface area (Å²) in [5, 5.41) is 3.15. The third-order valence-electron chi connectivity index (χ3n) is 4.59. The van der Waals surface area contributed by atoms with Crippen LogP contribution in [0.2, 0.25) is 0 Å². The van der Waals surface area contributed by atoms with Gasteiger partial charge in [0, 0.05) is 12.7 Å². The fourth-order valence-electron chi connectivity index (χ4n) is 3.13. The van der Waals surface area contributed by atoms with Gasteiger partial charge in [0.15, 0.2) is 0 Å². The number of nitrogens with one attached hydrogen (secondary N) is 3. The van der Waals surface area contributed by atoms with Gasteiger partial charge in [-0.3, -0.25) is 4.90 Å². The van der Waals surface area contributed by atoms with E-state index in [4.69, 9.17) is 4.74 Å². The van der Waals surface area contributed by atoms with Crippen LogP contribution >= 0.6 is 0 Å². The molecule has 0 saturated carbocycles. The highest BCUT2D eigenvalue weighted by molar-refractivity contribution is 5.89. The average Bonchev–Trinajstić information content (AvgIpc) is 3.21. The van der Waals surface area contributed by atoms with Crippen molar-refractivity contribution in [2.45, 2.75) is 26.4 Å². The van der Waals surface area contributed by atoms with Crippen molar-refractivity contribution in [3.05, 3.63) is 46.5 Å². The van der Waals surface area contributed by atoms with Gasteiger partial charge in [-0.2, -0.15) is 4.98 Å². The van der Waals surface area contributed by atoms with Crippen LogP contribution in [0.5, 0.6) is 0 Å². The largest absolute Gasteiger partial charge is 0.447 e. The summed E-state index contributed by atoms with van der Waals surface area (Å²) in [5.41, 5.74) is 2.23. The van der Waals surface area contributed by atoms with Crippen LogP contribution in [0.1, 0.15) is 19.4 Å². The molecule has 1 unspecified atom stereocenters. The molecule has 140 valence electrons. The first-order chi connectivity index (χ1) is 13.0. The van der Waals surface area contributed by atoms with Crippen LogP contribution in [0.15, 0.2) is 35.3 Å². The van der Waals surface area contributed by atoms with Gasteiger partial charge in [-0.1, -0.05) is 19.9 Å². The molecule has 0 radical (unpaired) electrons. The van der Waals surface area contributed by atoms with Crippen LogP contribution in [-0.4, -0.2) is 38.7 Å². The van der Waals surface area contributed by atoms with Gasteiger partial charge in [0.1, 0.15) is 12.4 Å². The first kappa shape index (κ1) is 17.1. The quantitative estimate of drug-likeness (QED) is 0.636. The number of ether oxygens (including phenoxy) is 1. The summed E-state index contributed by atoms with van der Waals surface area (Å²) in [6.07, 6.45) is 1.22. The molecule has 27 heavy (non-hydrogen) atoms. The van der Waals surface area contributed by atoms with E-state index < -0.39 is 0 Å². The zero-order chi connectivity index (χ0) is 19.0. The van der Waals surface area contributed by atoms with Crippen molar-refractivity contribution >= 4 is 28.9 Å². The Balaban J connectivity index is 1.52. The van der Waals surface area contributed by atoms with Gasteiger partial charge in [0.05, 0.1) is 17.1 Å². The van der Waals surface area contributed by atoms with Gasteiger partial charge in [-0.05, 0) is 29.7 Å². The van der Waals surface area contributed by atoms with Gasteiger partial charge in [-0.15, -0.1) is 0 Å². The number of amides is 1. The second-order valence-electron chi connectivity index (χ2n) is 6.81. The molecule has 3 heterocycles. The van der Waals surface area contributed by atoms with Crippen LogP contribution in [0.25, 0.3) is 11.0 Å². The lowest BCUT2D eigenvalue weighted by molar-refractivity contribution is 0.177. The lowest BCUT2D eigenvalue weighted by Gasteiger charge is -2.23. The van der Waals surface area contributed by atoms with E-state index in [2.05, 4.69) is 25.3 Å². The standard InChI is InChI=1S/C18H20N6O3/c1-10(2)14-9-27-18(26)24(14)15-5-6-19-16(23-15)20-8-11-3-4-12-13(7-11)22-17(25)21-12/h3-7,10,14H,8-9H2,1-2H3,(H,19,20,23)(H2,21,22,25). The van der Waals surface area contributed by atoms with E-state index in [0.29, 0.717) is 24.9 Å². The van der Waals surface area contributed by atoms with Gasteiger partial charge >= 0.3 is 11.8 Å². The number of H-pyrrole nitrogens is 2. The minimum atomic E-state index is -0.389. The fourth-order valence-corrected chi connectivity index (χ4v) is 3.13. The molecule has 2 aromatic heterocycles. The van der Waals surface area contributed by atoms with Crippen molar-refractivity contribution in [2.24, 2.45) is 5.92 Å². The number of imidazole rings is 1. The number of cyclic esters (lactones) is 1. The summed E-state index contributed by atoms with van der Waals surface area (Å²) in [5.74, 6) is 1.18. The third kappa shape index (κ3) is 3.35. The molecule has 1 aliphatic heterocycles. The number of hydrogen-bond donors (Lipinski definition) is 3. The van der Waals surface area contributed by atoms with Gasteiger partial charge in [-0.25, -0.2) is 14.6 Å². The van der Waals surface area contributed by atoms with Crippen LogP contribution in [0, 0.1) is 5.92 Å². The highest BCUT2D eigenvalue weighted by atomic mass is 16.6. The molecule has 0 aliphatic carbocycles. The van der Waals surface area contributed by atoms with E-state index in [1.165, 1.54) is 0 Å². The highest BCUT2D eigenvalue weighted by Crippen LogP contribution is 2.26. The normalized spacial score (nSPS) is 16.9. The Kier molecular flexibility index (Phi) is 4.27. The molecule has 1 fully saturated rings. The molecule has 0 bridgehead atoms. The Morgan fingerprint density at radius 2 is 2.07 bits per heavy atom. The second kappa shape index (κ2) is 6.75. The first-order valence-electron chi connectivity index (χ1n) is 8.75. The first-order valence-corrected chi connectivity index (χ1v) is 8.75. The number of rotatable bonds is 5. The zero-order valence-electron chi connectivity index (χ0n) is 15.0. The van der Waals surface area contributed by atoms with Gasteiger partial charge in [0.2, 0.25) is 5.95 Å². The van der Waals surface area contributed by atoms with E-state index in [1.807, 2.05) is 32.0 Å². The SMILES string of the molecule is CC(C)C1COC(=O)N1c1ccnc(NCc2ccc3[nH]c(=O)[nH]c3c2)n1. The molecular weight excluding hydrogens is 348 g/mol. The van der Waals surface area contributed by atoms with Crippen molar-refractivity contribution in [3.8, 4) is 0 Å². The van der Waals surface area contributed by atoms with E-state index in [1.54, 1.807) is 17.2 Å². The molecule has 0 spiro atoms. The van der Waals surface area contributed by atoms with Crippen molar-refractivity contribution in [1.29, 1.82) is 0 Å². The molecule has 1 aromatic carbocycles. The lowest BCUT2D eigenvalue weighted by Crippen LogP contribution is -2.37. The van der Waals surface area contributed by atoms with E-state index in [0.717, 1.165) is 16.6 Å². The summed E-state index contributed by atoms with van der Waals surface area (Å²) < 4.78 is 5.18. The second-order valence-corrected chi connectivity index (χ2v) is 6.81. The Labute approximate surface area is 154 Å². The Morgan fingerprint density at radius 3 is 2.89 bits per heavy atom. The van der Waals surface area contributed by atoms with Gasteiger partial charge < -0.3 is 20.0 Å². The number of aromatic nitrogens is 4. The number of anilines is 2. The monoisotopic (exact) mass is 368 g/mol. The van der Waals surface area contributed by atoms with Crippen molar-refractivity contribution in [3.63, 3.8) is 0 Å². The highest BCUT2D eigenvalue weighted by Gasteiger charge is 2.37. The molecule has 1 saturated heterocycles. The van der Waals surface area contributed by atoms with E-state index in [9.17, 15) is 9.59 Å². The smallest absolute Gasteiger partial charge is 0.415 e. The van der Waals surface area contributed by atoms with Crippen LogP contribution in [0.4, 0.5) is 16.6 Å². The maximum absolute atomic E-state index is 12.1. The minimum absolute atomic E-state index is 0.0481. The molecule has 1 amide bonds. The molecule has 9 nitrogen and oxygen atoms in total. The molecule has 1 atom stereocenters. The van der Waals surface area contributed by atoms with Crippen LogP contribution < -0.4 is 15.9 Å². The summed E-state index contributed by atoms with van der Waals surface area (Å²) in [6.45, 7) is 4.92. The summed E-state index contributed by atoms with van der Waals surface area (Å²) in [6, 6.07) is 7.29. The molecule has 3 N–H and O–H groups in total. The predicted octanol–water partition coefficient (Wildman–Crippen LogP) is 2.24. The number of hydrogen-bond acceptors (Lipinski definition) is 6.